The van der Waals surface area contributed by atoms with Crippen molar-refractivity contribution >= 4 is 5.69 Å². The second kappa shape index (κ2) is 9.82. The molecule has 0 aliphatic rings. The lowest BCUT2D eigenvalue weighted by atomic mass is 10.0. The Hall–Kier alpha value is -2.02. The minimum absolute atomic E-state index is 0.0135. The van der Waals surface area contributed by atoms with E-state index in [0.29, 0.717) is 0 Å². The number of aryl methyl sites for hydroxylation is 1. The van der Waals surface area contributed by atoms with Crippen LogP contribution in [-0.4, -0.2) is 16.3 Å². The number of rotatable bonds is 4. The van der Waals surface area contributed by atoms with Crippen LogP contribution in [0.25, 0.3) is 0 Å². The molecule has 0 spiro atoms. The molecule has 1 aromatic heterocycles. The van der Waals surface area contributed by atoms with E-state index in [0.717, 1.165) is 24.2 Å². The molecule has 0 saturated heterocycles. The normalized spacial score (nSPS) is 10.2. The Morgan fingerprint density at radius 2 is 2.05 bits per heavy atom. The van der Waals surface area contributed by atoms with Gasteiger partial charge in [-0.3, -0.25) is 4.79 Å². The summed E-state index contributed by atoms with van der Waals surface area (Å²) in [6.45, 7) is 10.8. The molecular weight excluding hydrogens is 262 g/mol. The minimum Gasteiger partial charge on any atom is -0.347 e. The topological polar surface area (TPSA) is 38.1 Å². The van der Waals surface area contributed by atoms with Gasteiger partial charge in [0.15, 0.2) is 0 Å². The van der Waals surface area contributed by atoms with Gasteiger partial charge >= 0.3 is 0 Å². The number of aromatic nitrogens is 2. The van der Waals surface area contributed by atoms with E-state index in [2.05, 4.69) is 17.9 Å². The van der Waals surface area contributed by atoms with Gasteiger partial charge in [-0.1, -0.05) is 26.8 Å². The quantitative estimate of drug-likeness (QED) is 0.798. The van der Waals surface area contributed by atoms with Gasteiger partial charge in [-0.15, -0.1) is 12.3 Å². The van der Waals surface area contributed by atoms with Crippen molar-refractivity contribution in [3.05, 3.63) is 34.4 Å². The molecular formula is C17H27N3O. The Morgan fingerprint density at radius 3 is 2.43 bits per heavy atom. The molecule has 116 valence electrons. The lowest BCUT2D eigenvalue weighted by Crippen LogP contribution is -2.28. The van der Waals surface area contributed by atoms with Gasteiger partial charge < -0.3 is 4.90 Å². The van der Waals surface area contributed by atoms with E-state index in [1.807, 2.05) is 44.9 Å². The third-order valence-electron chi connectivity index (χ3n) is 2.91. The summed E-state index contributed by atoms with van der Waals surface area (Å²) in [6.07, 6.45) is 11.3. The highest BCUT2D eigenvalue weighted by Gasteiger charge is 2.16. The van der Waals surface area contributed by atoms with Crippen LogP contribution in [0.4, 0.5) is 5.69 Å². The molecule has 4 nitrogen and oxygen atoms in total. The Balaban J connectivity index is 0.000000885. The maximum Gasteiger partial charge on any atom is 0.272 e. The molecule has 1 heterocycles. The van der Waals surface area contributed by atoms with Crippen LogP contribution >= 0.6 is 0 Å². The number of allylic oxidation sites excluding steroid dienone is 1. The second-order valence-corrected chi connectivity index (χ2v) is 4.85. The molecule has 0 aliphatic heterocycles. The molecule has 0 fully saturated rings. The summed E-state index contributed by atoms with van der Waals surface area (Å²) in [5.74, 6) is 2.62. The van der Waals surface area contributed by atoms with Crippen LogP contribution in [0.1, 0.15) is 52.5 Å². The van der Waals surface area contributed by atoms with Crippen LogP contribution in [0, 0.1) is 12.3 Å². The van der Waals surface area contributed by atoms with Crippen LogP contribution < -0.4 is 10.5 Å². The first-order valence-corrected chi connectivity index (χ1v) is 7.33. The standard InChI is InChI=1S/C13H21N3O.C4H6/c1-6-8-16(7-2)11-9-14-15(5)13(17)12(11)10(3)4;1-3-4-2/h6,8-10H,7H2,1-5H3;1H,4H2,2H3/b8-6-;. The lowest BCUT2D eigenvalue weighted by Gasteiger charge is -2.22. The van der Waals surface area contributed by atoms with E-state index in [9.17, 15) is 4.79 Å². The van der Waals surface area contributed by atoms with E-state index in [-0.39, 0.29) is 11.5 Å². The predicted molar refractivity (Wildman–Crippen MR) is 90.5 cm³/mol. The number of nitrogens with zero attached hydrogens (tertiary/aromatic N) is 3. The largest absolute Gasteiger partial charge is 0.347 e. The SMILES string of the molecule is C#CCC.C/C=C\N(CC)c1cnn(C)c(=O)c1C(C)C. The smallest absolute Gasteiger partial charge is 0.272 e. The Kier molecular flexibility index (Phi) is 8.87. The second-order valence-electron chi connectivity index (χ2n) is 4.85. The minimum atomic E-state index is -0.0135. The van der Waals surface area contributed by atoms with E-state index in [1.165, 1.54) is 4.68 Å². The molecule has 21 heavy (non-hydrogen) atoms. The van der Waals surface area contributed by atoms with Crippen molar-refractivity contribution in [2.24, 2.45) is 7.05 Å². The fourth-order valence-corrected chi connectivity index (χ4v) is 1.85. The maximum absolute atomic E-state index is 12.1. The summed E-state index contributed by atoms with van der Waals surface area (Å²) < 4.78 is 1.39. The van der Waals surface area contributed by atoms with Crippen molar-refractivity contribution in [2.45, 2.75) is 47.0 Å². The molecule has 0 bridgehead atoms. The van der Waals surface area contributed by atoms with Crippen molar-refractivity contribution in [1.29, 1.82) is 0 Å². The zero-order valence-corrected chi connectivity index (χ0v) is 14.1. The molecule has 4 heteroatoms. The van der Waals surface area contributed by atoms with Gasteiger partial charge in [0, 0.05) is 25.6 Å². The van der Waals surface area contributed by atoms with Crippen LogP contribution in [-0.2, 0) is 7.05 Å². The first kappa shape index (κ1) is 19.0. The van der Waals surface area contributed by atoms with Crippen molar-refractivity contribution in [3.63, 3.8) is 0 Å². The summed E-state index contributed by atoms with van der Waals surface area (Å²) in [7, 11) is 1.68. The van der Waals surface area contributed by atoms with Gasteiger partial charge in [-0.2, -0.15) is 5.10 Å². The molecule has 0 atom stereocenters. The van der Waals surface area contributed by atoms with Crippen LogP contribution in [0.5, 0.6) is 0 Å². The average Bonchev–Trinajstić information content (AvgIpc) is 2.47. The first-order valence-electron chi connectivity index (χ1n) is 7.33. The lowest BCUT2D eigenvalue weighted by molar-refractivity contribution is 0.675. The van der Waals surface area contributed by atoms with Crippen LogP contribution in [0.3, 0.4) is 0 Å². The van der Waals surface area contributed by atoms with Crippen molar-refractivity contribution in [1.82, 2.24) is 9.78 Å². The molecule has 1 aromatic rings. The fraction of sp³-hybridized carbons (Fsp3) is 0.529. The van der Waals surface area contributed by atoms with Crippen molar-refractivity contribution in [3.8, 4) is 12.3 Å². The Labute approximate surface area is 128 Å². The van der Waals surface area contributed by atoms with E-state index >= 15 is 0 Å². The zero-order valence-electron chi connectivity index (χ0n) is 14.1. The maximum atomic E-state index is 12.1. The third-order valence-corrected chi connectivity index (χ3v) is 2.91. The zero-order chi connectivity index (χ0) is 16.4. The monoisotopic (exact) mass is 289 g/mol. The van der Waals surface area contributed by atoms with Gasteiger partial charge in [-0.25, -0.2) is 4.68 Å². The molecule has 0 N–H and O–H groups in total. The van der Waals surface area contributed by atoms with Gasteiger partial charge in [0.05, 0.1) is 11.9 Å². The summed E-state index contributed by atoms with van der Waals surface area (Å²) >= 11 is 0. The van der Waals surface area contributed by atoms with E-state index < -0.39 is 0 Å². The summed E-state index contributed by atoms with van der Waals surface area (Å²) in [5, 5.41) is 4.10. The van der Waals surface area contributed by atoms with Gasteiger partial charge in [0.25, 0.3) is 5.56 Å². The molecule has 0 unspecified atom stereocenters. The molecule has 0 aliphatic carbocycles. The number of anilines is 1. The van der Waals surface area contributed by atoms with Gasteiger partial charge in [0.2, 0.25) is 0 Å². The highest BCUT2D eigenvalue weighted by atomic mass is 16.1. The van der Waals surface area contributed by atoms with Gasteiger partial charge in [-0.05, 0) is 26.0 Å². The Morgan fingerprint density at radius 1 is 1.48 bits per heavy atom. The Bertz CT molecular complexity index is 550. The van der Waals surface area contributed by atoms with Gasteiger partial charge in [0.1, 0.15) is 0 Å². The van der Waals surface area contributed by atoms with E-state index in [1.54, 1.807) is 13.2 Å². The number of hydrogen-bond acceptors (Lipinski definition) is 3. The van der Waals surface area contributed by atoms with Crippen molar-refractivity contribution in [2.75, 3.05) is 11.4 Å². The summed E-state index contributed by atoms with van der Waals surface area (Å²) in [6, 6.07) is 0. The highest BCUT2D eigenvalue weighted by molar-refractivity contribution is 5.54. The number of terminal acetylenes is 1. The first-order chi connectivity index (χ1) is 9.94. The molecule has 0 amide bonds. The summed E-state index contributed by atoms with van der Waals surface area (Å²) in [5.41, 5.74) is 1.71. The van der Waals surface area contributed by atoms with Crippen LogP contribution in [0.2, 0.25) is 0 Å². The molecule has 0 saturated carbocycles. The molecule has 0 aromatic carbocycles. The third kappa shape index (κ3) is 5.47. The van der Waals surface area contributed by atoms with E-state index in [4.69, 9.17) is 6.42 Å². The van der Waals surface area contributed by atoms with Crippen LogP contribution in [0.15, 0.2) is 23.3 Å². The average molecular weight is 289 g/mol. The molecule has 1 rings (SSSR count). The van der Waals surface area contributed by atoms with Crippen molar-refractivity contribution < 1.29 is 0 Å². The highest BCUT2D eigenvalue weighted by Crippen LogP contribution is 2.23. The molecule has 0 radical (unpaired) electrons. The predicted octanol–water partition coefficient (Wildman–Crippen LogP) is 3.29. The summed E-state index contributed by atoms with van der Waals surface area (Å²) in [4.78, 5) is 14.2. The number of hydrogen-bond donors (Lipinski definition) is 0. The fourth-order valence-electron chi connectivity index (χ4n) is 1.85.